The van der Waals surface area contributed by atoms with Crippen molar-refractivity contribution in [3.63, 3.8) is 0 Å². The van der Waals surface area contributed by atoms with Crippen molar-refractivity contribution in [2.45, 2.75) is 64.8 Å². The molecule has 1 aliphatic carbocycles. The van der Waals surface area contributed by atoms with E-state index in [-0.39, 0.29) is 0 Å². The van der Waals surface area contributed by atoms with E-state index in [1.54, 1.807) is 6.33 Å². The summed E-state index contributed by atoms with van der Waals surface area (Å²) in [7, 11) is 0. The maximum absolute atomic E-state index is 4.39. The molecule has 0 amide bonds. The summed E-state index contributed by atoms with van der Waals surface area (Å²) in [5, 5.41) is 6.92. The SMILES string of the molecule is CCCNc1ncnc(NC2CCC(CCC)CC2)c1Br. The predicted octanol–water partition coefficient (Wildman–Crippen LogP) is 4.83. The molecule has 0 radical (unpaired) electrons. The minimum absolute atomic E-state index is 0.545. The number of hydrogen-bond acceptors (Lipinski definition) is 4. The van der Waals surface area contributed by atoms with Crippen molar-refractivity contribution in [1.29, 1.82) is 0 Å². The number of nitrogens with zero attached hydrogens (tertiary/aromatic N) is 2. The van der Waals surface area contributed by atoms with Crippen LogP contribution >= 0.6 is 15.9 Å². The molecule has 1 aromatic heterocycles. The van der Waals surface area contributed by atoms with Crippen LogP contribution in [0.15, 0.2) is 10.8 Å². The van der Waals surface area contributed by atoms with Gasteiger partial charge in [-0.3, -0.25) is 0 Å². The Kier molecular flexibility index (Phi) is 6.74. The maximum Gasteiger partial charge on any atom is 0.146 e. The van der Waals surface area contributed by atoms with Crippen LogP contribution in [0.4, 0.5) is 11.6 Å². The van der Waals surface area contributed by atoms with Crippen LogP contribution in [0.3, 0.4) is 0 Å². The van der Waals surface area contributed by atoms with E-state index in [0.717, 1.165) is 35.0 Å². The molecule has 0 aliphatic heterocycles. The van der Waals surface area contributed by atoms with Crippen molar-refractivity contribution in [3.05, 3.63) is 10.8 Å². The fraction of sp³-hybridized carbons (Fsp3) is 0.750. The Morgan fingerprint density at radius 3 is 2.48 bits per heavy atom. The van der Waals surface area contributed by atoms with Crippen molar-refractivity contribution >= 4 is 27.6 Å². The monoisotopic (exact) mass is 354 g/mol. The standard InChI is InChI=1S/C16H27BrN4/c1-3-5-12-6-8-13(9-7-12)21-16-14(17)15(18-10-4-2)19-11-20-16/h11-13H,3-10H2,1-2H3,(H2,18,19,20,21). The van der Waals surface area contributed by atoms with Gasteiger partial charge < -0.3 is 10.6 Å². The number of hydrogen-bond donors (Lipinski definition) is 2. The molecule has 0 unspecified atom stereocenters. The second kappa shape index (κ2) is 8.57. The predicted molar refractivity (Wildman–Crippen MR) is 92.8 cm³/mol. The number of aromatic nitrogens is 2. The topological polar surface area (TPSA) is 49.8 Å². The van der Waals surface area contributed by atoms with Crippen molar-refractivity contribution < 1.29 is 0 Å². The molecule has 1 fully saturated rings. The number of anilines is 2. The molecule has 118 valence electrons. The minimum atomic E-state index is 0.545. The molecule has 0 saturated heterocycles. The summed E-state index contributed by atoms with van der Waals surface area (Å²) in [6, 6.07) is 0.545. The summed E-state index contributed by atoms with van der Waals surface area (Å²) >= 11 is 3.62. The molecule has 1 saturated carbocycles. The molecule has 5 heteroatoms. The number of rotatable bonds is 7. The van der Waals surface area contributed by atoms with E-state index >= 15 is 0 Å². The van der Waals surface area contributed by atoms with Crippen LogP contribution in [-0.2, 0) is 0 Å². The summed E-state index contributed by atoms with van der Waals surface area (Å²) in [6.45, 7) is 5.36. The molecule has 0 atom stereocenters. The lowest BCUT2D eigenvalue weighted by Gasteiger charge is -2.29. The van der Waals surface area contributed by atoms with Gasteiger partial charge in [0.05, 0.1) is 0 Å². The Morgan fingerprint density at radius 2 is 1.81 bits per heavy atom. The second-order valence-electron chi connectivity index (χ2n) is 5.96. The first kappa shape index (κ1) is 16.5. The molecule has 1 aliphatic rings. The largest absolute Gasteiger partial charge is 0.369 e. The number of halogens is 1. The van der Waals surface area contributed by atoms with Crippen molar-refractivity contribution in [2.24, 2.45) is 5.92 Å². The Balaban J connectivity index is 1.91. The van der Waals surface area contributed by atoms with Crippen molar-refractivity contribution in [1.82, 2.24) is 9.97 Å². The maximum atomic E-state index is 4.39. The molecule has 0 spiro atoms. The van der Waals surface area contributed by atoms with E-state index in [9.17, 15) is 0 Å². The summed E-state index contributed by atoms with van der Waals surface area (Å²) in [5.74, 6) is 2.74. The first-order valence-corrected chi connectivity index (χ1v) is 9.04. The zero-order valence-corrected chi connectivity index (χ0v) is 14.7. The highest BCUT2D eigenvalue weighted by Gasteiger charge is 2.21. The quantitative estimate of drug-likeness (QED) is 0.735. The van der Waals surface area contributed by atoms with E-state index in [1.165, 1.54) is 38.5 Å². The Hall–Kier alpha value is -0.840. The smallest absolute Gasteiger partial charge is 0.146 e. The van der Waals surface area contributed by atoms with Gasteiger partial charge in [0, 0.05) is 12.6 Å². The molecule has 21 heavy (non-hydrogen) atoms. The number of nitrogens with one attached hydrogen (secondary N) is 2. The van der Waals surface area contributed by atoms with Gasteiger partial charge in [-0.05, 0) is 54.0 Å². The van der Waals surface area contributed by atoms with E-state index in [1.807, 2.05) is 0 Å². The first-order valence-electron chi connectivity index (χ1n) is 8.25. The van der Waals surface area contributed by atoms with Gasteiger partial charge in [0.1, 0.15) is 22.4 Å². The van der Waals surface area contributed by atoms with Crippen LogP contribution in [0.5, 0.6) is 0 Å². The van der Waals surface area contributed by atoms with Crippen LogP contribution in [0.25, 0.3) is 0 Å². The zero-order valence-electron chi connectivity index (χ0n) is 13.2. The molecule has 1 heterocycles. The van der Waals surface area contributed by atoms with Gasteiger partial charge in [0.15, 0.2) is 0 Å². The van der Waals surface area contributed by atoms with Gasteiger partial charge in [-0.1, -0.05) is 26.7 Å². The molecule has 4 nitrogen and oxygen atoms in total. The zero-order chi connectivity index (χ0) is 15.1. The van der Waals surface area contributed by atoms with Gasteiger partial charge in [0.25, 0.3) is 0 Å². The fourth-order valence-electron chi connectivity index (χ4n) is 3.03. The third kappa shape index (κ3) is 4.83. The second-order valence-corrected chi connectivity index (χ2v) is 6.76. The summed E-state index contributed by atoms with van der Waals surface area (Å²) in [4.78, 5) is 8.68. The van der Waals surface area contributed by atoms with E-state index in [2.05, 4.69) is 50.4 Å². The van der Waals surface area contributed by atoms with E-state index in [0.29, 0.717) is 6.04 Å². The van der Waals surface area contributed by atoms with Gasteiger partial charge in [-0.2, -0.15) is 0 Å². The molecule has 0 bridgehead atoms. The van der Waals surface area contributed by atoms with Gasteiger partial charge in [0.2, 0.25) is 0 Å². The van der Waals surface area contributed by atoms with Crippen molar-refractivity contribution in [3.8, 4) is 0 Å². The Bertz CT molecular complexity index is 430. The average Bonchev–Trinajstić information content (AvgIpc) is 2.50. The van der Waals surface area contributed by atoms with Crippen LogP contribution < -0.4 is 10.6 Å². The third-order valence-electron chi connectivity index (χ3n) is 4.22. The summed E-state index contributed by atoms with van der Waals surface area (Å²) in [5.41, 5.74) is 0. The van der Waals surface area contributed by atoms with E-state index in [4.69, 9.17) is 0 Å². The molecule has 2 rings (SSSR count). The lowest BCUT2D eigenvalue weighted by molar-refractivity contribution is 0.318. The van der Waals surface area contributed by atoms with Crippen LogP contribution in [0.1, 0.15) is 58.8 Å². The van der Waals surface area contributed by atoms with Crippen molar-refractivity contribution in [2.75, 3.05) is 17.2 Å². The highest BCUT2D eigenvalue weighted by Crippen LogP contribution is 2.32. The average molecular weight is 355 g/mol. The Labute approximate surface area is 136 Å². The van der Waals surface area contributed by atoms with Crippen LogP contribution in [0, 0.1) is 5.92 Å². The molecular formula is C16H27BrN4. The third-order valence-corrected chi connectivity index (χ3v) is 4.97. The molecule has 1 aromatic rings. The van der Waals surface area contributed by atoms with Gasteiger partial charge >= 0.3 is 0 Å². The normalized spacial score (nSPS) is 22.0. The fourth-order valence-corrected chi connectivity index (χ4v) is 3.49. The van der Waals surface area contributed by atoms with Gasteiger partial charge in [-0.25, -0.2) is 9.97 Å². The molecular weight excluding hydrogens is 328 g/mol. The first-order chi connectivity index (χ1) is 10.2. The summed E-state index contributed by atoms with van der Waals surface area (Å²) in [6.07, 6.45) is 10.6. The Morgan fingerprint density at radius 1 is 1.10 bits per heavy atom. The van der Waals surface area contributed by atoms with E-state index < -0.39 is 0 Å². The summed E-state index contributed by atoms with van der Waals surface area (Å²) < 4.78 is 0.953. The van der Waals surface area contributed by atoms with Crippen LogP contribution in [0.2, 0.25) is 0 Å². The lowest BCUT2D eigenvalue weighted by atomic mass is 9.83. The highest BCUT2D eigenvalue weighted by molar-refractivity contribution is 9.10. The van der Waals surface area contributed by atoms with Gasteiger partial charge in [-0.15, -0.1) is 0 Å². The minimum Gasteiger partial charge on any atom is -0.369 e. The van der Waals surface area contributed by atoms with Crippen LogP contribution in [-0.4, -0.2) is 22.6 Å². The highest BCUT2D eigenvalue weighted by atomic mass is 79.9. The molecule has 0 aromatic carbocycles. The molecule has 2 N–H and O–H groups in total. The lowest BCUT2D eigenvalue weighted by Crippen LogP contribution is -2.26.